The second-order valence-corrected chi connectivity index (χ2v) is 6.53. The number of likely N-dealkylation sites (tertiary alicyclic amines) is 1. The van der Waals surface area contributed by atoms with Gasteiger partial charge in [-0.15, -0.1) is 11.3 Å². The Hall–Kier alpha value is -1.14. The zero-order valence-corrected chi connectivity index (χ0v) is 12.4. The number of hydrogen-bond acceptors (Lipinski definition) is 5. The standard InChI is InChI=1S/C13H22N4OS/c1-9(2)12(18)16-10-3-5-17(6-4-10)8-11-7-15-13(14)19-11/h7,9-10H,3-6,8H2,1-2H3,(H2,14,15)(H,16,18). The first-order chi connectivity index (χ1) is 9.04. The molecule has 1 aliphatic rings. The van der Waals surface area contributed by atoms with Gasteiger partial charge in [0.15, 0.2) is 5.13 Å². The van der Waals surface area contributed by atoms with Crippen LogP contribution in [0.1, 0.15) is 31.6 Å². The third kappa shape index (κ3) is 4.18. The molecule has 1 aromatic rings. The van der Waals surface area contributed by atoms with E-state index in [1.54, 1.807) is 11.3 Å². The minimum Gasteiger partial charge on any atom is -0.375 e. The molecule has 0 radical (unpaired) electrons. The Morgan fingerprint density at radius 2 is 2.26 bits per heavy atom. The summed E-state index contributed by atoms with van der Waals surface area (Å²) in [5.41, 5.74) is 5.63. The molecule has 1 aromatic heterocycles. The smallest absolute Gasteiger partial charge is 0.222 e. The lowest BCUT2D eigenvalue weighted by atomic mass is 10.0. The molecule has 0 aliphatic carbocycles. The van der Waals surface area contributed by atoms with E-state index < -0.39 is 0 Å². The van der Waals surface area contributed by atoms with Crippen molar-refractivity contribution in [3.63, 3.8) is 0 Å². The van der Waals surface area contributed by atoms with E-state index in [-0.39, 0.29) is 11.8 Å². The van der Waals surface area contributed by atoms with Gasteiger partial charge in [-0.25, -0.2) is 4.98 Å². The monoisotopic (exact) mass is 282 g/mol. The fourth-order valence-electron chi connectivity index (χ4n) is 2.22. The highest BCUT2D eigenvalue weighted by Gasteiger charge is 2.21. The van der Waals surface area contributed by atoms with Crippen LogP contribution in [0.15, 0.2) is 6.20 Å². The molecule has 1 saturated heterocycles. The van der Waals surface area contributed by atoms with E-state index in [4.69, 9.17) is 5.73 Å². The van der Waals surface area contributed by atoms with Gasteiger partial charge >= 0.3 is 0 Å². The molecule has 0 unspecified atom stereocenters. The molecule has 6 heteroatoms. The summed E-state index contributed by atoms with van der Waals surface area (Å²) in [5.74, 6) is 0.229. The first kappa shape index (κ1) is 14.3. The van der Waals surface area contributed by atoms with Crippen molar-refractivity contribution < 1.29 is 4.79 Å². The third-order valence-corrected chi connectivity index (χ3v) is 4.22. The number of anilines is 1. The summed E-state index contributed by atoms with van der Waals surface area (Å²) in [7, 11) is 0. The highest BCUT2D eigenvalue weighted by atomic mass is 32.1. The van der Waals surface area contributed by atoms with Gasteiger partial charge in [0.25, 0.3) is 0 Å². The predicted molar refractivity (Wildman–Crippen MR) is 77.8 cm³/mol. The fourth-order valence-corrected chi connectivity index (χ4v) is 2.95. The van der Waals surface area contributed by atoms with E-state index in [0.717, 1.165) is 32.5 Å². The highest BCUT2D eigenvalue weighted by Crippen LogP contribution is 2.19. The number of rotatable bonds is 4. The lowest BCUT2D eigenvalue weighted by molar-refractivity contribution is -0.125. The predicted octanol–water partition coefficient (Wildman–Crippen LogP) is 1.46. The minimum atomic E-state index is 0.0678. The van der Waals surface area contributed by atoms with Gasteiger partial charge in [-0.1, -0.05) is 13.8 Å². The Bertz CT molecular complexity index is 424. The van der Waals surface area contributed by atoms with E-state index in [9.17, 15) is 4.79 Å². The largest absolute Gasteiger partial charge is 0.375 e. The second-order valence-electron chi connectivity index (χ2n) is 5.38. The summed E-state index contributed by atoms with van der Waals surface area (Å²) in [5, 5.41) is 3.74. The number of nitrogen functional groups attached to an aromatic ring is 1. The summed E-state index contributed by atoms with van der Waals surface area (Å²) < 4.78 is 0. The topological polar surface area (TPSA) is 71.2 Å². The van der Waals surface area contributed by atoms with Crippen molar-refractivity contribution in [3.8, 4) is 0 Å². The van der Waals surface area contributed by atoms with E-state index in [0.29, 0.717) is 11.2 Å². The molecular formula is C13H22N4OS. The number of carbonyl (C=O) groups is 1. The fraction of sp³-hybridized carbons (Fsp3) is 0.692. The van der Waals surface area contributed by atoms with Gasteiger partial charge in [0.1, 0.15) is 0 Å². The summed E-state index contributed by atoms with van der Waals surface area (Å²) in [6.07, 6.45) is 3.89. The van der Waals surface area contributed by atoms with Crippen LogP contribution in [0.3, 0.4) is 0 Å². The van der Waals surface area contributed by atoms with Crippen LogP contribution in [0.5, 0.6) is 0 Å². The van der Waals surface area contributed by atoms with Crippen molar-refractivity contribution >= 4 is 22.4 Å². The van der Waals surface area contributed by atoms with Crippen LogP contribution in [0.2, 0.25) is 0 Å². The van der Waals surface area contributed by atoms with Crippen LogP contribution in [-0.4, -0.2) is 34.9 Å². The van der Waals surface area contributed by atoms with Gasteiger partial charge in [0.2, 0.25) is 5.91 Å². The number of carbonyl (C=O) groups excluding carboxylic acids is 1. The van der Waals surface area contributed by atoms with Gasteiger partial charge in [-0.2, -0.15) is 0 Å². The van der Waals surface area contributed by atoms with Gasteiger partial charge in [-0.3, -0.25) is 9.69 Å². The zero-order valence-electron chi connectivity index (χ0n) is 11.6. The van der Waals surface area contributed by atoms with E-state index >= 15 is 0 Å². The number of nitrogens with zero attached hydrogens (tertiary/aromatic N) is 2. The van der Waals surface area contributed by atoms with Gasteiger partial charge in [-0.05, 0) is 12.8 Å². The SMILES string of the molecule is CC(C)C(=O)NC1CCN(Cc2cnc(N)s2)CC1. The Morgan fingerprint density at radius 3 is 2.79 bits per heavy atom. The van der Waals surface area contributed by atoms with Crippen molar-refractivity contribution in [2.45, 2.75) is 39.3 Å². The van der Waals surface area contributed by atoms with Crippen LogP contribution in [0, 0.1) is 5.92 Å². The number of nitrogens with one attached hydrogen (secondary N) is 1. The lowest BCUT2D eigenvalue weighted by Gasteiger charge is -2.32. The van der Waals surface area contributed by atoms with E-state index in [1.165, 1.54) is 4.88 Å². The maximum atomic E-state index is 11.6. The number of piperidine rings is 1. The molecule has 1 aliphatic heterocycles. The Kier molecular flexibility index (Phi) is 4.76. The van der Waals surface area contributed by atoms with Crippen LogP contribution >= 0.6 is 11.3 Å². The van der Waals surface area contributed by atoms with Crippen LogP contribution in [0.25, 0.3) is 0 Å². The lowest BCUT2D eigenvalue weighted by Crippen LogP contribution is -2.45. The normalized spacial score (nSPS) is 17.8. The van der Waals surface area contributed by atoms with Crippen molar-refractivity contribution in [2.75, 3.05) is 18.8 Å². The average molecular weight is 282 g/mol. The summed E-state index contributed by atoms with van der Waals surface area (Å²) >= 11 is 1.55. The molecule has 0 spiro atoms. The summed E-state index contributed by atoms with van der Waals surface area (Å²) in [6, 6.07) is 0.331. The van der Waals surface area contributed by atoms with Crippen molar-refractivity contribution in [2.24, 2.45) is 5.92 Å². The maximum absolute atomic E-state index is 11.6. The highest BCUT2D eigenvalue weighted by molar-refractivity contribution is 7.15. The first-order valence-electron chi connectivity index (χ1n) is 6.77. The van der Waals surface area contributed by atoms with Crippen LogP contribution in [0.4, 0.5) is 5.13 Å². The average Bonchev–Trinajstić information content (AvgIpc) is 2.77. The first-order valence-corrected chi connectivity index (χ1v) is 7.59. The van der Waals surface area contributed by atoms with Crippen molar-refractivity contribution in [1.82, 2.24) is 15.2 Å². The van der Waals surface area contributed by atoms with Crippen LogP contribution < -0.4 is 11.1 Å². The number of amides is 1. The van der Waals surface area contributed by atoms with Crippen molar-refractivity contribution in [1.29, 1.82) is 0 Å². The number of thiazole rings is 1. The summed E-state index contributed by atoms with van der Waals surface area (Å²) in [4.78, 5) is 19.3. The molecule has 0 bridgehead atoms. The van der Waals surface area contributed by atoms with Gasteiger partial charge < -0.3 is 11.1 Å². The molecule has 2 rings (SSSR count). The van der Waals surface area contributed by atoms with Gasteiger partial charge in [0, 0.05) is 42.7 Å². The molecular weight excluding hydrogens is 260 g/mol. The molecule has 1 amide bonds. The number of aromatic nitrogens is 1. The maximum Gasteiger partial charge on any atom is 0.222 e. The molecule has 2 heterocycles. The molecule has 19 heavy (non-hydrogen) atoms. The Balaban J connectivity index is 1.75. The molecule has 0 atom stereocenters. The molecule has 5 nitrogen and oxygen atoms in total. The van der Waals surface area contributed by atoms with Crippen molar-refractivity contribution in [3.05, 3.63) is 11.1 Å². The number of nitrogens with two attached hydrogens (primary N) is 1. The summed E-state index contributed by atoms with van der Waals surface area (Å²) in [6.45, 7) is 6.80. The number of hydrogen-bond donors (Lipinski definition) is 2. The zero-order chi connectivity index (χ0) is 13.8. The molecule has 0 aromatic carbocycles. The molecule has 0 saturated carbocycles. The van der Waals surface area contributed by atoms with E-state index in [1.807, 2.05) is 20.0 Å². The molecule has 3 N–H and O–H groups in total. The quantitative estimate of drug-likeness (QED) is 0.877. The Morgan fingerprint density at radius 1 is 1.58 bits per heavy atom. The molecule has 106 valence electrons. The van der Waals surface area contributed by atoms with Gasteiger partial charge in [0.05, 0.1) is 0 Å². The Labute approximate surface area is 118 Å². The molecule has 1 fully saturated rings. The second kappa shape index (κ2) is 6.34. The minimum absolute atomic E-state index is 0.0678. The van der Waals surface area contributed by atoms with Crippen LogP contribution in [-0.2, 0) is 11.3 Å². The third-order valence-electron chi connectivity index (χ3n) is 3.41. The van der Waals surface area contributed by atoms with E-state index in [2.05, 4.69) is 15.2 Å².